The lowest BCUT2D eigenvalue weighted by Crippen LogP contribution is -1.93. The van der Waals surface area contributed by atoms with Crippen LogP contribution < -0.4 is 0 Å². The summed E-state index contributed by atoms with van der Waals surface area (Å²) in [5.41, 5.74) is 2.93. The highest BCUT2D eigenvalue weighted by atomic mass is 35.5. The predicted octanol–water partition coefficient (Wildman–Crippen LogP) is 7.96. The fraction of sp³-hybridized carbons (Fsp3) is 0. The highest BCUT2D eigenvalue weighted by Crippen LogP contribution is 2.31. The molecule has 0 radical (unpaired) electrons. The molecule has 0 aliphatic rings. The Morgan fingerprint density at radius 2 is 1.69 bits per heavy atom. The van der Waals surface area contributed by atoms with E-state index in [9.17, 15) is 4.79 Å². The number of ketones is 1. The van der Waals surface area contributed by atoms with Gasteiger partial charge in [0, 0.05) is 16.7 Å². The minimum atomic E-state index is -0.153. The molecule has 0 aliphatic heterocycles. The van der Waals surface area contributed by atoms with Crippen molar-refractivity contribution in [1.29, 1.82) is 0 Å². The number of carbonyl (C=O) groups is 1. The zero-order valence-electron chi connectivity index (χ0n) is 16.6. The Balaban J connectivity index is 1.39. The van der Waals surface area contributed by atoms with Crippen LogP contribution in [0.3, 0.4) is 0 Å². The van der Waals surface area contributed by atoms with Crippen LogP contribution in [0.15, 0.2) is 93.9 Å². The van der Waals surface area contributed by atoms with Crippen molar-refractivity contribution in [2.24, 2.45) is 0 Å². The van der Waals surface area contributed by atoms with Crippen molar-refractivity contribution in [3.8, 4) is 22.6 Å². The quantitative estimate of drug-likeness (QED) is 0.197. The minimum absolute atomic E-state index is 0.153. The fourth-order valence-electron chi connectivity index (χ4n) is 3.39. The molecule has 0 aliphatic carbocycles. The summed E-state index contributed by atoms with van der Waals surface area (Å²) in [6.45, 7) is 0. The average Bonchev–Trinajstić information content (AvgIpc) is 3.46. The highest BCUT2D eigenvalue weighted by molar-refractivity contribution is 6.42. The molecule has 32 heavy (non-hydrogen) atoms. The van der Waals surface area contributed by atoms with Crippen LogP contribution in [0.1, 0.15) is 16.1 Å². The number of rotatable bonds is 5. The third kappa shape index (κ3) is 3.98. The second kappa shape index (κ2) is 8.50. The molecule has 0 unspecified atom stereocenters. The second-order valence-corrected chi connectivity index (χ2v) is 7.95. The van der Waals surface area contributed by atoms with E-state index >= 15 is 0 Å². The summed E-state index contributed by atoms with van der Waals surface area (Å²) < 4.78 is 11.3. The first-order chi connectivity index (χ1) is 15.6. The first-order valence-electron chi connectivity index (χ1n) is 9.81. The van der Waals surface area contributed by atoms with E-state index in [2.05, 4.69) is 5.16 Å². The molecular weight excluding hydrogens is 445 g/mol. The number of fused-ring (bicyclic) bond motifs is 1. The summed E-state index contributed by atoms with van der Waals surface area (Å²) in [6, 6.07) is 23.9. The smallest absolute Gasteiger partial charge is 0.185 e. The number of hydrogen-bond donors (Lipinski definition) is 0. The third-order valence-corrected chi connectivity index (χ3v) is 5.77. The maximum atomic E-state index is 12.8. The van der Waals surface area contributed by atoms with Gasteiger partial charge in [0.1, 0.15) is 17.0 Å². The number of allylic oxidation sites excluding steroid dienone is 1. The highest BCUT2D eigenvalue weighted by Gasteiger charge is 2.13. The molecule has 0 bridgehead atoms. The largest absolute Gasteiger partial charge is 0.457 e. The lowest BCUT2D eigenvalue weighted by molar-refractivity contribution is 0.104. The summed E-state index contributed by atoms with van der Waals surface area (Å²) in [4.78, 5) is 12.8. The van der Waals surface area contributed by atoms with Crippen molar-refractivity contribution in [3.63, 3.8) is 0 Å². The van der Waals surface area contributed by atoms with E-state index in [1.807, 2.05) is 42.5 Å². The Bertz CT molecular complexity index is 1470. The molecule has 5 rings (SSSR count). The van der Waals surface area contributed by atoms with Crippen molar-refractivity contribution < 1.29 is 13.7 Å². The topological polar surface area (TPSA) is 56.2 Å². The third-order valence-electron chi connectivity index (χ3n) is 5.03. The number of nitrogens with zero attached hydrogens (tertiary/aromatic N) is 1. The van der Waals surface area contributed by atoms with Gasteiger partial charge in [-0.1, -0.05) is 58.7 Å². The van der Waals surface area contributed by atoms with Crippen molar-refractivity contribution in [2.45, 2.75) is 0 Å². The monoisotopic (exact) mass is 459 g/mol. The molecule has 4 nitrogen and oxygen atoms in total. The summed E-state index contributed by atoms with van der Waals surface area (Å²) in [5.74, 6) is 1.67. The molecule has 0 saturated heterocycles. The lowest BCUT2D eigenvalue weighted by atomic mass is 10.0. The Labute approximate surface area is 193 Å². The van der Waals surface area contributed by atoms with Crippen LogP contribution in [0.4, 0.5) is 0 Å². The van der Waals surface area contributed by atoms with Crippen LogP contribution in [0.25, 0.3) is 39.6 Å². The van der Waals surface area contributed by atoms with E-state index in [4.69, 9.17) is 32.1 Å². The Kier molecular flexibility index (Phi) is 5.39. The number of aromatic nitrogens is 1. The number of halogens is 2. The summed E-state index contributed by atoms with van der Waals surface area (Å²) >= 11 is 12.0. The zero-order chi connectivity index (χ0) is 22.1. The van der Waals surface area contributed by atoms with Gasteiger partial charge in [-0.3, -0.25) is 4.79 Å². The van der Waals surface area contributed by atoms with Crippen LogP contribution in [-0.2, 0) is 0 Å². The zero-order valence-corrected chi connectivity index (χ0v) is 18.1. The first kappa shape index (κ1) is 20.3. The summed E-state index contributed by atoms with van der Waals surface area (Å²) in [5, 5.41) is 5.81. The standard InChI is InChI=1S/C26H15Cl2NO3/c27-21-10-6-18(15-22(21)28)25-13-9-19(31-25)8-12-24(30)17-7-11-23-20(14-17)26(32-29-23)16-4-2-1-3-5-16/h1-15H. The molecule has 2 aromatic heterocycles. The van der Waals surface area contributed by atoms with Gasteiger partial charge in [0.05, 0.1) is 15.4 Å². The van der Waals surface area contributed by atoms with Gasteiger partial charge in [-0.25, -0.2) is 0 Å². The van der Waals surface area contributed by atoms with E-state index in [-0.39, 0.29) is 5.78 Å². The van der Waals surface area contributed by atoms with Crippen molar-refractivity contribution >= 4 is 46.0 Å². The maximum Gasteiger partial charge on any atom is 0.185 e. The number of hydrogen-bond acceptors (Lipinski definition) is 4. The van der Waals surface area contributed by atoms with Crippen molar-refractivity contribution in [2.75, 3.05) is 0 Å². The molecular formula is C26H15Cl2NO3. The van der Waals surface area contributed by atoms with Crippen LogP contribution in [0, 0.1) is 0 Å². The van der Waals surface area contributed by atoms with Crippen molar-refractivity contribution in [3.05, 3.63) is 106 Å². The summed E-state index contributed by atoms with van der Waals surface area (Å²) in [7, 11) is 0. The average molecular weight is 460 g/mol. The molecule has 0 amide bonds. The molecule has 0 fully saturated rings. The van der Waals surface area contributed by atoms with E-state index in [0.29, 0.717) is 38.4 Å². The molecule has 156 valence electrons. The number of furan rings is 1. The molecule has 0 atom stereocenters. The van der Waals surface area contributed by atoms with Crippen LogP contribution in [0.5, 0.6) is 0 Å². The Morgan fingerprint density at radius 3 is 2.50 bits per heavy atom. The van der Waals surface area contributed by atoms with E-state index in [0.717, 1.165) is 16.5 Å². The fourth-order valence-corrected chi connectivity index (χ4v) is 3.69. The maximum absolute atomic E-state index is 12.8. The normalized spacial score (nSPS) is 11.4. The molecule has 3 aromatic carbocycles. The molecule has 0 spiro atoms. The number of carbonyl (C=O) groups excluding carboxylic acids is 1. The Morgan fingerprint density at radius 1 is 0.844 bits per heavy atom. The lowest BCUT2D eigenvalue weighted by Gasteiger charge is -2.00. The SMILES string of the molecule is O=C(C=Cc1ccc(-c2ccc(Cl)c(Cl)c2)o1)c1ccc2noc(-c3ccccc3)c2c1. The first-order valence-corrected chi connectivity index (χ1v) is 10.6. The molecule has 6 heteroatoms. The van der Waals surface area contributed by atoms with E-state index < -0.39 is 0 Å². The van der Waals surface area contributed by atoms with Gasteiger partial charge in [0.15, 0.2) is 11.5 Å². The molecule has 0 N–H and O–H groups in total. The number of benzene rings is 3. The van der Waals surface area contributed by atoms with Crippen LogP contribution in [0.2, 0.25) is 10.0 Å². The van der Waals surface area contributed by atoms with Gasteiger partial charge < -0.3 is 8.94 Å². The predicted molar refractivity (Wildman–Crippen MR) is 127 cm³/mol. The van der Waals surface area contributed by atoms with Gasteiger partial charge in [-0.05, 0) is 60.7 Å². The molecule has 5 aromatic rings. The van der Waals surface area contributed by atoms with Crippen molar-refractivity contribution in [1.82, 2.24) is 5.16 Å². The van der Waals surface area contributed by atoms with Gasteiger partial charge in [-0.2, -0.15) is 0 Å². The van der Waals surface area contributed by atoms with Gasteiger partial charge in [-0.15, -0.1) is 0 Å². The molecule has 2 heterocycles. The minimum Gasteiger partial charge on any atom is -0.457 e. The Hall–Kier alpha value is -3.60. The van der Waals surface area contributed by atoms with Crippen LogP contribution in [-0.4, -0.2) is 10.9 Å². The van der Waals surface area contributed by atoms with Crippen LogP contribution >= 0.6 is 23.2 Å². The molecule has 0 saturated carbocycles. The van der Waals surface area contributed by atoms with Gasteiger partial charge >= 0.3 is 0 Å². The van der Waals surface area contributed by atoms with E-state index in [1.165, 1.54) is 6.08 Å². The van der Waals surface area contributed by atoms with E-state index in [1.54, 1.807) is 42.5 Å². The van der Waals surface area contributed by atoms with Gasteiger partial charge in [0.25, 0.3) is 0 Å². The van der Waals surface area contributed by atoms with Gasteiger partial charge in [0.2, 0.25) is 0 Å². The second-order valence-electron chi connectivity index (χ2n) is 7.14. The summed E-state index contributed by atoms with van der Waals surface area (Å²) in [6.07, 6.45) is 3.12.